The lowest BCUT2D eigenvalue weighted by Crippen LogP contribution is -2.31. The number of aromatic nitrogens is 4. The Balaban J connectivity index is 1.65. The monoisotopic (exact) mass is 464 g/mol. The smallest absolute Gasteiger partial charge is 0.259 e. The molecule has 0 radical (unpaired) electrons. The van der Waals surface area contributed by atoms with E-state index in [1.165, 1.54) is 4.57 Å². The first kappa shape index (κ1) is 18.9. The predicted octanol–water partition coefficient (Wildman–Crippen LogP) is 2.76. The van der Waals surface area contributed by atoms with Gasteiger partial charge in [0, 0.05) is 33.4 Å². The average Bonchev–Trinajstić information content (AvgIpc) is 3.34. The number of alkyl halides is 1. The molecule has 1 aliphatic rings. The summed E-state index contributed by atoms with van der Waals surface area (Å²) in [5.74, 6) is -0.0988. The first-order valence-electron chi connectivity index (χ1n) is 9.51. The Morgan fingerprint density at radius 2 is 1.67 bits per heavy atom. The Hall–Kier alpha value is -3.10. The maximum atomic E-state index is 13.3. The fourth-order valence-corrected chi connectivity index (χ4v) is 4.33. The fourth-order valence-electron chi connectivity index (χ4n) is 4.08. The van der Waals surface area contributed by atoms with E-state index in [1.807, 2.05) is 24.3 Å². The van der Waals surface area contributed by atoms with Crippen molar-refractivity contribution in [2.45, 2.75) is 24.5 Å². The summed E-state index contributed by atoms with van der Waals surface area (Å²) >= 11 is 3.32. The SMILES string of the molecule is O=C1c2ccccc2-c2c1c1ccccc1c(=O)n2CC(O)Cn1cc(CBr)nn1. The van der Waals surface area contributed by atoms with Gasteiger partial charge >= 0.3 is 0 Å². The Bertz CT molecular complexity index is 1360. The van der Waals surface area contributed by atoms with Crippen LogP contribution in [-0.2, 0) is 18.4 Å². The third-order valence-electron chi connectivity index (χ3n) is 5.35. The first-order valence-corrected chi connectivity index (χ1v) is 10.6. The number of hydrogen-bond donors (Lipinski definition) is 1. The van der Waals surface area contributed by atoms with Gasteiger partial charge in [0.1, 0.15) is 0 Å². The summed E-state index contributed by atoms with van der Waals surface area (Å²) in [5.41, 5.74) is 2.90. The van der Waals surface area contributed by atoms with Crippen molar-refractivity contribution < 1.29 is 9.90 Å². The quantitative estimate of drug-likeness (QED) is 0.404. The largest absolute Gasteiger partial charge is 0.389 e. The lowest BCUT2D eigenvalue weighted by molar-refractivity contribution is 0.104. The number of fused-ring (bicyclic) bond motifs is 5. The zero-order valence-electron chi connectivity index (χ0n) is 15.8. The van der Waals surface area contributed by atoms with Crippen molar-refractivity contribution in [2.24, 2.45) is 0 Å². The number of hydrogen-bond acceptors (Lipinski definition) is 5. The second-order valence-corrected chi connectivity index (χ2v) is 7.84. The third kappa shape index (κ3) is 2.91. The Labute approximate surface area is 179 Å². The van der Waals surface area contributed by atoms with Crippen LogP contribution >= 0.6 is 15.9 Å². The second kappa shape index (κ2) is 7.30. The number of rotatable bonds is 5. The number of aliphatic hydroxyl groups is 1. The molecule has 7 nitrogen and oxygen atoms in total. The molecule has 30 heavy (non-hydrogen) atoms. The Morgan fingerprint density at radius 3 is 2.40 bits per heavy atom. The molecule has 5 rings (SSSR count). The molecule has 0 bridgehead atoms. The number of ketones is 1. The predicted molar refractivity (Wildman–Crippen MR) is 116 cm³/mol. The van der Waals surface area contributed by atoms with E-state index in [0.717, 1.165) is 11.3 Å². The summed E-state index contributed by atoms with van der Waals surface area (Å²) in [6.07, 6.45) is 0.852. The van der Waals surface area contributed by atoms with Crippen LogP contribution < -0.4 is 5.56 Å². The standard InChI is InChI=1S/C22H17BrN4O3/c23-9-13-10-26(25-24-13)11-14(28)12-27-20-16-6-2-3-7-17(16)21(29)19(20)15-5-1-4-8-18(15)22(27)30/h1-8,10,14,28H,9,11-12H2. The van der Waals surface area contributed by atoms with Crippen LogP contribution in [0.15, 0.2) is 59.5 Å². The molecule has 0 aliphatic heterocycles. The minimum atomic E-state index is -0.888. The molecule has 2 heterocycles. The van der Waals surface area contributed by atoms with Gasteiger partial charge < -0.3 is 9.67 Å². The van der Waals surface area contributed by atoms with Crippen LogP contribution in [0.5, 0.6) is 0 Å². The Kier molecular flexibility index (Phi) is 4.60. The second-order valence-electron chi connectivity index (χ2n) is 7.28. The summed E-state index contributed by atoms with van der Waals surface area (Å²) in [4.78, 5) is 26.5. The number of nitrogens with zero attached hydrogens (tertiary/aromatic N) is 4. The van der Waals surface area contributed by atoms with E-state index in [2.05, 4.69) is 26.2 Å². The third-order valence-corrected chi connectivity index (χ3v) is 5.92. The lowest BCUT2D eigenvalue weighted by atomic mass is 10.0. The summed E-state index contributed by atoms with van der Waals surface area (Å²) in [7, 11) is 0. The molecule has 1 N–H and O–H groups in total. The molecule has 2 aromatic carbocycles. The van der Waals surface area contributed by atoms with E-state index in [0.29, 0.717) is 32.9 Å². The average molecular weight is 465 g/mol. The van der Waals surface area contributed by atoms with E-state index in [4.69, 9.17) is 0 Å². The van der Waals surface area contributed by atoms with Gasteiger partial charge in [0.15, 0.2) is 5.78 Å². The molecule has 150 valence electrons. The number of carbonyl (C=O) groups excluding carboxylic acids is 1. The summed E-state index contributed by atoms with van der Waals surface area (Å²) in [6, 6.07) is 14.4. The molecule has 0 spiro atoms. The number of carbonyl (C=O) groups is 1. The molecule has 4 aromatic rings. The molecule has 0 fully saturated rings. The van der Waals surface area contributed by atoms with Crippen LogP contribution in [0, 0.1) is 0 Å². The van der Waals surface area contributed by atoms with Gasteiger partial charge in [0.25, 0.3) is 5.56 Å². The number of aliphatic hydroxyl groups excluding tert-OH is 1. The van der Waals surface area contributed by atoms with E-state index in [9.17, 15) is 14.7 Å². The zero-order chi connectivity index (χ0) is 20.8. The van der Waals surface area contributed by atoms with Crippen molar-refractivity contribution in [3.8, 4) is 11.3 Å². The van der Waals surface area contributed by atoms with Crippen molar-refractivity contribution in [1.29, 1.82) is 0 Å². The maximum Gasteiger partial charge on any atom is 0.259 e. The van der Waals surface area contributed by atoms with Crippen molar-refractivity contribution in [1.82, 2.24) is 19.6 Å². The van der Waals surface area contributed by atoms with Crippen molar-refractivity contribution >= 4 is 32.5 Å². The van der Waals surface area contributed by atoms with Gasteiger partial charge in [-0.1, -0.05) is 63.6 Å². The summed E-state index contributed by atoms with van der Waals surface area (Å²) < 4.78 is 3.07. The van der Waals surface area contributed by atoms with Crippen molar-refractivity contribution in [2.75, 3.05) is 0 Å². The van der Waals surface area contributed by atoms with Crippen LogP contribution in [0.1, 0.15) is 21.6 Å². The van der Waals surface area contributed by atoms with Crippen LogP contribution in [0.4, 0.5) is 0 Å². The van der Waals surface area contributed by atoms with Crippen molar-refractivity contribution in [3.63, 3.8) is 0 Å². The molecule has 2 aromatic heterocycles. The van der Waals surface area contributed by atoms with E-state index in [1.54, 1.807) is 35.1 Å². The highest BCUT2D eigenvalue weighted by Gasteiger charge is 2.32. The number of benzene rings is 2. The summed E-state index contributed by atoms with van der Waals surface area (Å²) in [6.45, 7) is 0.223. The summed E-state index contributed by atoms with van der Waals surface area (Å²) in [5, 5.41) is 20.4. The number of halogens is 1. The molecule has 8 heteroatoms. The van der Waals surface area contributed by atoms with Gasteiger partial charge in [-0.05, 0) is 6.07 Å². The fraction of sp³-hybridized carbons (Fsp3) is 0.182. The Morgan fingerprint density at radius 1 is 0.967 bits per heavy atom. The highest BCUT2D eigenvalue weighted by Crippen LogP contribution is 2.39. The molecule has 1 atom stereocenters. The van der Waals surface area contributed by atoms with Gasteiger partial charge in [-0.25, -0.2) is 4.68 Å². The topological polar surface area (TPSA) is 90.0 Å². The highest BCUT2D eigenvalue weighted by molar-refractivity contribution is 9.08. The molecule has 1 aliphatic carbocycles. The van der Waals surface area contributed by atoms with Gasteiger partial charge in [-0.2, -0.15) is 0 Å². The van der Waals surface area contributed by atoms with Gasteiger partial charge in [0.2, 0.25) is 0 Å². The van der Waals surface area contributed by atoms with E-state index < -0.39 is 6.10 Å². The molecule has 0 amide bonds. The number of pyridine rings is 1. The molecule has 0 saturated heterocycles. The van der Waals surface area contributed by atoms with E-state index in [-0.39, 0.29) is 24.4 Å². The highest BCUT2D eigenvalue weighted by atomic mass is 79.9. The van der Waals surface area contributed by atoms with Crippen LogP contribution in [0.3, 0.4) is 0 Å². The van der Waals surface area contributed by atoms with Gasteiger partial charge in [-0.15, -0.1) is 5.10 Å². The minimum Gasteiger partial charge on any atom is -0.389 e. The van der Waals surface area contributed by atoms with Crippen LogP contribution in [-0.4, -0.2) is 36.6 Å². The first-order chi connectivity index (χ1) is 14.6. The van der Waals surface area contributed by atoms with Crippen molar-refractivity contribution in [3.05, 3.63) is 81.9 Å². The van der Waals surface area contributed by atoms with Gasteiger partial charge in [-0.3, -0.25) is 9.59 Å². The van der Waals surface area contributed by atoms with Gasteiger partial charge in [0.05, 0.1) is 36.1 Å². The van der Waals surface area contributed by atoms with Crippen LogP contribution in [0.25, 0.3) is 22.0 Å². The lowest BCUT2D eigenvalue weighted by Gasteiger charge is -2.18. The maximum absolute atomic E-state index is 13.3. The van der Waals surface area contributed by atoms with Crippen LogP contribution in [0.2, 0.25) is 0 Å². The molecular weight excluding hydrogens is 448 g/mol. The molecule has 1 unspecified atom stereocenters. The molecule has 0 saturated carbocycles. The zero-order valence-corrected chi connectivity index (χ0v) is 17.4. The normalized spacial score (nSPS) is 13.5. The van der Waals surface area contributed by atoms with E-state index >= 15 is 0 Å². The minimum absolute atomic E-state index is 0.0388. The molecular formula is C22H17BrN4O3.